The van der Waals surface area contributed by atoms with Gasteiger partial charge in [0.1, 0.15) is 11.6 Å². The highest BCUT2D eigenvalue weighted by atomic mass is 32.2. The van der Waals surface area contributed by atoms with Gasteiger partial charge < -0.3 is 15.4 Å². The number of anilines is 1. The molecule has 0 bridgehead atoms. The normalized spacial score (nSPS) is 16.6. The van der Waals surface area contributed by atoms with E-state index < -0.39 is 33.6 Å². The molecular weight excluding hydrogens is 421 g/mol. The second-order valence-corrected chi connectivity index (χ2v) is 9.03. The number of ether oxygens (including phenoxy) is 1. The molecule has 1 fully saturated rings. The first-order chi connectivity index (χ1) is 14.2. The quantitative estimate of drug-likeness (QED) is 0.687. The van der Waals surface area contributed by atoms with E-state index in [1.54, 1.807) is 0 Å². The van der Waals surface area contributed by atoms with Crippen LogP contribution in [0.5, 0.6) is 5.75 Å². The number of hydrogen-bond acceptors (Lipinski definition) is 5. The van der Waals surface area contributed by atoms with Gasteiger partial charge >= 0.3 is 0 Å². The van der Waals surface area contributed by atoms with Crippen molar-refractivity contribution < 1.29 is 31.1 Å². The van der Waals surface area contributed by atoms with Crippen LogP contribution in [0.2, 0.25) is 0 Å². The van der Waals surface area contributed by atoms with Crippen LogP contribution in [0.25, 0.3) is 0 Å². The molecule has 1 amide bonds. The third-order valence-corrected chi connectivity index (χ3v) is 6.76. The van der Waals surface area contributed by atoms with Gasteiger partial charge in [0.2, 0.25) is 0 Å². The number of halogens is 3. The molecule has 2 N–H and O–H groups in total. The molecule has 1 saturated heterocycles. The zero-order chi connectivity index (χ0) is 21.9. The van der Waals surface area contributed by atoms with Crippen LogP contribution in [0.15, 0.2) is 41.3 Å². The van der Waals surface area contributed by atoms with E-state index >= 15 is 0 Å². The number of carbonyl (C=O) groups is 1. The largest absolute Gasteiger partial charge is 0.496 e. The summed E-state index contributed by atoms with van der Waals surface area (Å²) in [6.45, 7) is 1.37. The second-order valence-electron chi connectivity index (χ2n) is 6.99. The van der Waals surface area contributed by atoms with Gasteiger partial charge in [0.05, 0.1) is 28.9 Å². The van der Waals surface area contributed by atoms with E-state index in [0.29, 0.717) is 6.54 Å². The van der Waals surface area contributed by atoms with Crippen molar-refractivity contribution >= 4 is 21.4 Å². The molecule has 10 heteroatoms. The highest BCUT2D eigenvalue weighted by Gasteiger charge is 2.26. The standard InChI is InChI=1S/C20H21F3N2O4S/c1-29-18-5-3-14(30(27,28)11-12-6-7-24-10-12)9-16(18)20(26)25-13-2-4-17(21)15(8-13)19(22)23/h2-5,8-9,12,19,24H,6-7,10-11H2,1H3,(H,25,26)/t12-/m0/s1. The number of hydrogen-bond donors (Lipinski definition) is 2. The summed E-state index contributed by atoms with van der Waals surface area (Å²) in [6.07, 6.45) is -2.30. The summed E-state index contributed by atoms with van der Waals surface area (Å²) in [6, 6.07) is 6.72. The first-order valence-electron chi connectivity index (χ1n) is 9.21. The third kappa shape index (κ3) is 4.93. The van der Waals surface area contributed by atoms with Gasteiger partial charge in [-0.2, -0.15) is 0 Å². The Bertz CT molecular complexity index is 1040. The lowest BCUT2D eigenvalue weighted by molar-refractivity contribution is 0.102. The van der Waals surface area contributed by atoms with E-state index in [1.165, 1.54) is 25.3 Å². The molecule has 30 heavy (non-hydrogen) atoms. The maximum Gasteiger partial charge on any atom is 0.266 e. The summed E-state index contributed by atoms with van der Waals surface area (Å²) >= 11 is 0. The lowest BCUT2D eigenvalue weighted by atomic mass is 10.1. The number of alkyl halides is 2. The molecule has 0 unspecified atom stereocenters. The van der Waals surface area contributed by atoms with Crippen molar-refractivity contribution in [3.8, 4) is 5.75 Å². The van der Waals surface area contributed by atoms with Gasteiger partial charge in [-0.15, -0.1) is 0 Å². The van der Waals surface area contributed by atoms with E-state index in [1.807, 2.05) is 0 Å². The molecule has 1 atom stereocenters. The summed E-state index contributed by atoms with van der Waals surface area (Å²) < 4.78 is 69.9. The van der Waals surface area contributed by atoms with Crippen molar-refractivity contribution in [2.45, 2.75) is 17.7 Å². The zero-order valence-electron chi connectivity index (χ0n) is 16.1. The van der Waals surface area contributed by atoms with Gasteiger partial charge in [0.15, 0.2) is 9.84 Å². The Hall–Kier alpha value is -2.59. The number of sulfone groups is 1. The predicted octanol–water partition coefficient (Wildman–Crippen LogP) is 3.41. The Morgan fingerprint density at radius 3 is 2.67 bits per heavy atom. The average molecular weight is 442 g/mol. The average Bonchev–Trinajstić information content (AvgIpc) is 3.20. The summed E-state index contributed by atoms with van der Waals surface area (Å²) in [5, 5.41) is 5.49. The maximum atomic E-state index is 13.5. The Morgan fingerprint density at radius 1 is 1.27 bits per heavy atom. The van der Waals surface area contributed by atoms with E-state index in [0.717, 1.165) is 31.2 Å². The summed E-state index contributed by atoms with van der Waals surface area (Å²) in [5.74, 6) is -1.80. The molecular formula is C20H21F3N2O4S. The number of amides is 1. The number of carbonyl (C=O) groups excluding carboxylic acids is 1. The van der Waals surface area contributed by atoms with Gasteiger partial charge in [-0.05, 0) is 61.8 Å². The Morgan fingerprint density at radius 2 is 2.03 bits per heavy atom. The summed E-state index contributed by atoms with van der Waals surface area (Å²) in [5.41, 5.74) is -0.976. The minimum absolute atomic E-state index is 0.0126. The molecule has 0 radical (unpaired) electrons. The highest BCUT2D eigenvalue weighted by molar-refractivity contribution is 7.91. The van der Waals surface area contributed by atoms with E-state index in [2.05, 4.69) is 10.6 Å². The first kappa shape index (κ1) is 22.1. The van der Waals surface area contributed by atoms with Gasteiger partial charge in [-0.1, -0.05) is 0 Å². The van der Waals surface area contributed by atoms with Crippen LogP contribution in [-0.2, 0) is 9.84 Å². The smallest absolute Gasteiger partial charge is 0.266 e. The maximum absolute atomic E-state index is 13.5. The molecule has 2 aromatic carbocycles. The summed E-state index contributed by atoms with van der Waals surface area (Å²) in [7, 11) is -2.33. The van der Waals surface area contributed by atoms with Crippen LogP contribution in [0.4, 0.5) is 18.9 Å². The molecule has 1 heterocycles. The molecule has 1 aliphatic rings. The molecule has 3 rings (SSSR count). The predicted molar refractivity (Wildman–Crippen MR) is 105 cm³/mol. The number of nitrogens with one attached hydrogen (secondary N) is 2. The second kappa shape index (κ2) is 9.05. The lowest BCUT2D eigenvalue weighted by Crippen LogP contribution is -2.20. The third-order valence-electron chi connectivity index (χ3n) is 4.88. The fourth-order valence-electron chi connectivity index (χ4n) is 3.31. The van der Waals surface area contributed by atoms with Gasteiger partial charge in [0, 0.05) is 5.69 Å². The Kier molecular flexibility index (Phi) is 6.67. The number of benzene rings is 2. The monoisotopic (exact) mass is 442 g/mol. The van der Waals surface area contributed by atoms with Gasteiger partial charge in [-0.3, -0.25) is 4.79 Å². The number of methoxy groups -OCH3 is 1. The molecule has 2 aromatic rings. The highest BCUT2D eigenvalue weighted by Crippen LogP contribution is 2.28. The molecule has 162 valence electrons. The minimum atomic E-state index is -3.65. The Balaban J connectivity index is 1.88. The van der Waals surface area contributed by atoms with E-state index in [9.17, 15) is 26.4 Å². The van der Waals surface area contributed by atoms with Gasteiger partial charge in [0.25, 0.3) is 12.3 Å². The van der Waals surface area contributed by atoms with Crippen molar-refractivity contribution in [3.05, 3.63) is 53.3 Å². The fourth-order valence-corrected chi connectivity index (χ4v) is 4.98. The molecule has 0 spiro atoms. The molecule has 0 saturated carbocycles. The van der Waals surface area contributed by atoms with Crippen molar-refractivity contribution in [3.63, 3.8) is 0 Å². The van der Waals surface area contributed by atoms with E-state index in [4.69, 9.17) is 4.74 Å². The van der Waals surface area contributed by atoms with Crippen molar-refractivity contribution in [1.82, 2.24) is 5.32 Å². The molecule has 0 aromatic heterocycles. The van der Waals surface area contributed by atoms with Crippen LogP contribution in [0, 0.1) is 11.7 Å². The number of rotatable bonds is 7. The van der Waals surface area contributed by atoms with Crippen LogP contribution >= 0.6 is 0 Å². The summed E-state index contributed by atoms with van der Waals surface area (Å²) in [4.78, 5) is 12.7. The van der Waals surface area contributed by atoms with Crippen molar-refractivity contribution in [1.29, 1.82) is 0 Å². The first-order valence-corrected chi connectivity index (χ1v) is 10.9. The molecule has 0 aliphatic carbocycles. The fraction of sp³-hybridized carbons (Fsp3) is 0.350. The van der Waals surface area contributed by atoms with E-state index in [-0.39, 0.29) is 33.6 Å². The van der Waals surface area contributed by atoms with Crippen LogP contribution in [0.3, 0.4) is 0 Å². The molecule has 1 aliphatic heterocycles. The lowest BCUT2D eigenvalue weighted by Gasteiger charge is -2.14. The zero-order valence-corrected chi connectivity index (χ0v) is 16.9. The Labute approximate surface area is 172 Å². The van der Waals surface area contributed by atoms with Crippen LogP contribution in [0.1, 0.15) is 28.8 Å². The van der Waals surface area contributed by atoms with Crippen LogP contribution < -0.4 is 15.4 Å². The SMILES string of the molecule is COc1ccc(S(=O)(=O)C[C@H]2CCNC2)cc1C(=O)Nc1ccc(F)c(C(F)F)c1. The van der Waals surface area contributed by atoms with Crippen molar-refractivity contribution in [2.75, 3.05) is 31.3 Å². The van der Waals surface area contributed by atoms with Crippen molar-refractivity contribution in [2.24, 2.45) is 5.92 Å². The van der Waals surface area contributed by atoms with Crippen LogP contribution in [-0.4, -0.2) is 40.3 Å². The molecule has 6 nitrogen and oxygen atoms in total. The topological polar surface area (TPSA) is 84.5 Å². The van der Waals surface area contributed by atoms with Gasteiger partial charge in [-0.25, -0.2) is 21.6 Å². The minimum Gasteiger partial charge on any atom is -0.496 e.